The van der Waals surface area contributed by atoms with Crippen LogP contribution in [0.1, 0.15) is 47.3 Å². The lowest BCUT2D eigenvalue weighted by molar-refractivity contribution is -0.131. The maximum absolute atomic E-state index is 12.9. The third-order valence-corrected chi connectivity index (χ3v) is 5.76. The van der Waals surface area contributed by atoms with E-state index >= 15 is 0 Å². The smallest absolute Gasteiger partial charge is 0.325 e. The molecule has 142 valence electrons. The van der Waals surface area contributed by atoms with Gasteiger partial charge >= 0.3 is 6.03 Å². The van der Waals surface area contributed by atoms with E-state index in [2.05, 4.69) is 5.32 Å². The highest BCUT2D eigenvalue weighted by Crippen LogP contribution is 2.42. The number of furan rings is 1. The van der Waals surface area contributed by atoms with Crippen LogP contribution >= 0.6 is 0 Å². The fourth-order valence-electron chi connectivity index (χ4n) is 3.91. The van der Waals surface area contributed by atoms with Crippen molar-refractivity contribution in [1.29, 1.82) is 0 Å². The molecule has 3 amide bonds. The van der Waals surface area contributed by atoms with Crippen molar-refractivity contribution in [2.75, 3.05) is 6.54 Å². The van der Waals surface area contributed by atoms with E-state index in [1.54, 1.807) is 19.3 Å². The summed E-state index contributed by atoms with van der Waals surface area (Å²) < 4.78 is 7.38. The highest BCUT2D eigenvalue weighted by Gasteiger charge is 2.56. The van der Waals surface area contributed by atoms with Gasteiger partial charge in [0.25, 0.3) is 5.91 Å². The van der Waals surface area contributed by atoms with Gasteiger partial charge in [-0.3, -0.25) is 14.5 Å². The lowest BCUT2D eigenvalue weighted by Gasteiger charge is -2.20. The van der Waals surface area contributed by atoms with Crippen LogP contribution in [0, 0.1) is 19.8 Å². The summed E-state index contributed by atoms with van der Waals surface area (Å²) in [6.07, 6.45) is 3.47. The number of nitrogens with zero attached hydrogens (tertiary/aromatic N) is 2. The van der Waals surface area contributed by atoms with Gasteiger partial charge in [0.15, 0.2) is 5.78 Å². The minimum atomic E-state index is -0.868. The first kappa shape index (κ1) is 17.6. The maximum Gasteiger partial charge on any atom is 0.325 e. The normalized spacial score (nSPS) is 22.4. The molecule has 2 aliphatic rings. The number of carbonyl (C=O) groups is 3. The van der Waals surface area contributed by atoms with E-state index in [-0.39, 0.29) is 24.2 Å². The minimum absolute atomic E-state index is 0.174. The maximum atomic E-state index is 12.9. The van der Waals surface area contributed by atoms with Crippen molar-refractivity contribution in [3.8, 4) is 0 Å². The summed E-state index contributed by atoms with van der Waals surface area (Å²) in [5.74, 6) is 0.433. The number of amides is 3. The van der Waals surface area contributed by atoms with Gasteiger partial charge in [-0.15, -0.1) is 0 Å². The van der Waals surface area contributed by atoms with Gasteiger partial charge in [-0.2, -0.15) is 0 Å². The fourth-order valence-corrected chi connectivity index (χ4v) is 3.91. The third kappa shape index (κ3) is 2.87. The van der Waals surface area contributed by atoms with Crippen LogP contribution in [0.15, 0.2) is 28.9 Å². The number of carbonyl (C=O) groups excluding carboxylic acids is 3. The van der Waals surface area contributed by atoms with E-state index in [1.807, 2.05) is 30.5 Å². The predicted molar refractivity (Wildman–Crippen MR) is 97.4 cm³/mol. The number of rotatable bonds is 6. The molecule has 2 aromatic rings. The van der Waals surface area contributed by atoms with Gasteiger partial charge in [-0.25, -0.2) is 4.79 Å². The largest absolute Gasteiger partial charge is 0.467 e. The Balaban J connectivity index is 1.53. The Morgan fingerprint density at radius 3 is 2.70 bits per heavy atom. The molecule has 27 heavy (non-hydrogen) atoms. The second-order valence-electron chi connectivity index (χ2n) is 7.67. The molecular formula is C20H23N3O4. The van der Waals surface area contributed by atoms with Crippen molar-refractivity contribution < 1.29 is 18.8 Å². The Kier molecular flexibility index (Phi) is 3.98. The molecule has 0 unspecified atom stereocenters. The Morgan fingerprint density at radius 2 is 2.07 bits per heavy atom. The van der Waals surface area contributed by atoms with E-state index < -0.39 is 11.6 Å². The molecule has 1 saturated heterocycles. The van der Waals surface area contributed by atoms with E-state index in [0.717, 1.165) is 34.9 Å². The van der Waals surface area contributed by atoms with Gasteiger partial charge in [0.2, 0.25) is 0 Å². The molecule has 2 fully saturated rings. The molecule has 0 bridgehead atoms. The zero-order valence-electron chi connectivity index (χ0n) is 15.7. The number of aryl methyl sites for hydroxylation is 1. The van der Waals surface area contributed by atoms with Gasteiger partial charge in [0, 0.05) is 17.0 Å². The number of urea groups is 1. The molecule has 3 heterocycles. The van der Waals surface area contributed by atoms with Gasteiger partial charge < -0.3 is 14.3 Å². The first-order chi connectivity index (χ1) is 12.8. The zero-order valence-corrected chi connectivity index (χ0v) is 15.7. The molecule has 1 aliphatic carbocycles. The lowest BCUT2D eigenvalue weighted by atomic mass is 9.96. The topological polar surface area (TPSA) is 84.5 Å². The first-order valence-corrected chi connectivity index (χ1v) is 9.17. The fraction of sp³-hybridized carbons (Fsp3) is 0.450. The van der Waals surface area contributed by atoms with Crippen molar-refractivity contribution in [3.05, 3.63) is 47.2 Å². The molecule has 2 aromatic heterocycles. The molecule has 1 aliphatic heterocycles. The number of hydrogen-bond acceptors (Lipinski definition) is 4. The van der Waals surface area contributed by atoms with Gasteiger partial charge in [-0.1, -0.05) is 0 Å². The highest BCUT2D eigenvalue weighted by atomic mass is 16.3. The predicted octanol–water partition coefficient (Wildman–Crippen LogP) is 2.65. The van der Waals surface area contributed by atoms with E-state index in [0.29, 0.717) is 12.1 Å². The van der Waals surface area contributed by atoms with E-state index in [1.165, 1.54) is 0 Å². The SMILES string of the molecule is Cc1cc(C(=O)CN2C(=O)N[C@](C)(C3CC3)C2=O)c(C)n1Cc1ccco1. The van der Waals surface area contributed by atoms with Gasteiger partial charge in [0.05, 0.1) is 19.4 Å². The second-order valence-corrected chi connectivity index (χ2v) is 7.67. The molecule has 0 spiro atoms. The quantitative estimate of drug-likeness (QED) is 0.627. The molecule has 4 rings (SSSR count). The molecular weight excluding hydrogens is 346 g/mol. The lowest BCUT2D eigenvalue weighted by Crippen LogP contribution is -2.46. The van der Waals surface area contributed by atoms with Crippen LogP contribution < -0.4 is 5.32 Å². The summed E-state index contributed by atoms with van der Waals surface area (Å²) in [5, 5.41) is 2.78. The zero-order chi connectivity index (χ0) is 19.3. The summed E-state index contributed by atoms with van der Waals surface area (Å²) in [6.45, 7) is 5.83. The summed E-state index contributed by atoms with van der Waals surface area (Å²) >= 11 is 0. The van der Waals surface area contributed by atoms with Crippen LogP contribution in [0.3, 0.4) is 0 Å². The van der Waals surface area contributed by atoms with E-state index in [4.69, 9.17) is 4.42 Å². The Morgan fingerprint density at radius 1 is 1.33 bits per heavy atom. The molecule has 1 N–H and O–H groups in total. The van der Waals surface area contributed by atoms with Crippen molar-refractivity contribution in [3.63, 3.8) is 0 Å². The average molecular weight is 369 g/mol. The van der Waals surface area contributed by atoms with Gasteiger partial charge in [-0.05, 0) is 57.7 Å². The molecule has 1 saturated carbocycles. The first-order valence-electron chi connectivity index (χ1n) is 9.17. The average Bonchev–Trinajstić information content (AvgIpc) is 3.24. The summed E-state index contributed by atoms with van der Waals surface area (Å²) in [4.78, 5) is 38.9. The number of hydrogen-bond donors (Lipinski definition) is 1. The number of aromatic nitrogens is 1. The third-order valence-electron chi connectivity index (χ3n) is 5.76. The van der Waals surface area contributed by atoms with Crippen molar-refractivity contribution >= 4 is 17.7 Å². The van der Waals surface area contributed by atoms with Crippen LogP contribution in [0.25, 0.3) is 0 Å². The van der Waals surface area contributed by atoms with Crippen LogP contribution in [0.5, 0.6) is 0 Å². The molecule has 7 heteroatoms. The monoisotopic (exact) mass is 369 g/mol. The van der Waals surface area contributed by atoms with E-state index in [9.17, 15) is 14.4 Å². The Labute approximate surface area is 157 Å². The number of ketones is 1. The van der Waals surface area contributed by atoms with Gasteiger partial charge in [0.1, 0.15) is 11.3 Å². The number of nitrogens with one attached hydrogen (secondary N) is 1. The Bertz CT molecular complexity index is 923. The standard InChI is InChI=1S/C20H23N3O4/c1-12-9-16(13(2)22(12)10-15-5-4-8-27-15)17(24)11-23-18(25)20(3,14-6-7-14)21-19(23)26/h4-5,8-9,14H,6-7,10-11H2,1-3H3,(H,21,26)/t20-/m1/s1. The number of Topliss-reactive ketones (excluding diaryl/α,β-unsaturated/α-hetero) is 1. The van der Waals surface area contributed by atoms with Crippen molar-refractivity contribution in [1.82, 2.24) is 14.8 Å². The summed E-state index contributed by atoms with van der Waals surface area (Å²) in [5.41, 5.74) is 1.38. The highest BCUT2D eigenvalue weighted by molar-refractivity contribution is 6.11. The molecule has 7 nitrogen and oxygen atoms in total. The van der Waals surface area contributed by atoms with Crippen LogP contribution in [0.2, 0.25) is 0 Å². The minimum Gasteiger partial charge on any atom is -0.467 e. The number of imide groups is 1. The van der Waals surface area contributed by atoms with Crippen molar-refractivity contribution in [2.24, 2.45) is 5.92 Å². The van der Waals surface area contributed by atoms with Crippen LogP contribution in [-0.2, 0) is 11.3 Å². The van der Waals surface area contributed by atoms with Crippen LogP contribution in [0.4, 0.5) is 4.79 Å². The molecule has 0 aromatic carbocycles. The van der Waals surface area contributed by atoms with Crippen molar-refractivity contribution in [2.45, 2.75) is 45.7 Å². The summed E-state index contributed by atoms with van der Waals surface area (Å²) in [7, 11) is 0. The second kappa shape index (κ2) is 6.11. The molecule has 1 atom stereocenters. The Hall–Kier alpha value is -2.83. The summed E-state index contributed by atoms with van der Waals surface area (Å²) in [6, 6.07) is 5.03. The van der Waals surface area contributed by atoms with Crippen LogP contribution in [-0.4, -0.2) is 39.3 Å². The molecule has 0 radical (unpaired) electrons.